The number of esters is 1. The molecule has 0 saturated heterocycles. The molecule has 16 heteroatoms. The van der Waals surface area contributed by atoms with Crippen LogP contribution in [0.1, 0.15) is 61.5 Å². The number of Topliss-reactive ketones (excluding diaryl/α,β-unsaturated/α-hetero) is 1. The fraction of sp³-hybridized carbons (Fsp3) is 0.205. The van der Waals surface area contributed by atoms with Crippen molar-refractivity contribution in [3.8, 4) is 11.4 Å². The molecule has 0 saturated carbocycles. The fourth-order valence-corrected chi connectivity index (χ4v) is 6.14. The molecule has 5 N–H and O–H groups in total. The number of rotatable bonds is 16. The number of aromatic nitrogens is 4. The van der Waals surface area contributed by atoms with Crippen molar-refractivity contribution in [1.82, 2.24) is 35.0 Å². The van der Waals surface area contributed by atoms with Gasteiger partial charge in [0.2, 0.25) is 5.78 Å². The zero-order valence-electron chi connectivity index (χ0n) is 33.3. The Labute approximate surface area is 351 Å². The van der Waals surface area contributed by atoms with E-state index in [2.05, 4.69) is 25.7 Å². The molecule has 2 heterocycles. The number of ketones is 1. The summed E-state index contributed by atoms with van der Waals surface area (Å²) >= 11 is 5.51. The number of carbonyl (C=O) groups is 5. The highest BCUT2D eigenvalue weighted by atomic mass is 35.5. The molecule has 6 aromatic rings. The summed E-state index contributed by atoms with van der Waals surface area (Å²) in [7, 11) is 0. The zero-order chi connectivity index (χ0) is 43.0. The number of alkyl carbamates (subject to hydrolysis) is 1. The molecule has 0 unspecified atom stereocenters. The minimum atomic E-state index is -1.14. The molecule has 1 atom stereocenters. The topological polar surface area (TPSA) is 202 Å². The Hall–Kier alpha value is -7.10. The average molecular weight is 833 g/mol. The Balaban J connectivity index is 0.000000285. The van der Waals surface area contributed by atoms with Crippen molar-refractivity contribution in [1.29, 1.82) is 0 Å². The van der Waals surface area contributed by atoms with Gasteiger partial charge in [0.1, 0.15) is 18.3 Å². The Bertz CT molecular complexity index is 2420. The second-order valence-electron chi connectivity index (χ2n) is 13.4. The molecular weight excluding hydrogens is 788 g/mol. The highest BCUT2D eigenvalue weighted by molar-refractivity contribution is 6.38. The lowest BCUT2D eigenvalue weighted by molar-refractivity contribution is -0.137. The maximum atomic E-state index is 13.3. The maximum Gasteiger partial charge on any atom is 0.407 e. The minimum Gasteiger partial charge on any atom is -0.461 e. The summed E-state index contributed by atoms with van der Waals surface area (Å²) in [5.74, 6) is -3.00. The number of halogens is 1. The second-order valence-corrected chi connectivity index (χ2v) is 13.7. The van der Waals surface area contributed by atoms with Crippen LogP contribution < -0.4 is 21.2 Å². The van der Waals surface area contributed by atoms with Crippen LogP contribution in [0.15, 0.2) is 121 Å². The SMILES string of the molecule is CCOC(=O)c1cc(C)nn1-c1cccc(CNCl)c1.Cc1cc(C(=O)N[C@@H](Cc2ccccc2)C(=O)C(N)=O)n(-c2cccc(CNC(=O)OCc3ccccc3)c2)n1. The number of amides is 3. The van der Waals surface area contributed by atoms with Crippen LogP contribution in [0.4, 0.5) is 4.79 Å². The summed E-state index contributed by atoms with van der Waals surface area (Å²) in [6.45, 7) is 6.56. The normalized spacial score (nSPS) is 11.1. The Kier molecular flexibility index (Phi) is 15.8. The first-order valence-corrected chi connectivity index (χ1v) is 19.3. The number of ether oxygens (including phenoxy) is 2. The predicted octanol–water partition coefficient (Wildman–Crippen LogP) is 5.60. The van der Waals surface area contributed by atoms with E-state index in [-0.39, 0.29) is 31.2 Å². The van der Waals surface area contributed by atoms with Crippen LogP contribution in [-0.4, -0.2) is 61.9 Å². The number of hydrogen-bond acceptors (Lipinski definition) is 10. The summed E-state index contributed by atoms with van der Waals surface area (Å²) in [6, 6.07) is 35.3. The van der Waals surface area contributed by atoms with Crippen LogP contribution in [0, 0.1) is 13.8 Å². The molecule has 2 aromatic heterocycles. The first-order chi connectivity index (χ1) is 28.9. The van der Waals surface area contributed by atoms with Crippen LogP contribution >= 0.6 is 11.8 Å². The van der Waals surface area contributed by atoms with Crippen LogP contribution in [0.25, 0.3) is 11.4 Å². The lowest BCUT2D eigenvalue weighted by atomic mass is 10.0. The summed E-state index contributed by atoms with van der Waals surface area (Å²) in [5.41, 5.74) is 11.9. The summed E-state index contributed by atoms with van der Waals surface area (Å²) in [4.78, 5) is 64.2. The van der Waals surface area contributed by atoms with E-state index in [1.54, 1.807) is 73.1 Å². The molecule has 60 heavy (non-hydrogen) atoms. The van der Waals surface area contributed by atoms with E-state index in [0.29, 0.717) is 30.2 Å². The van der Waals surface area contributed by atoms with Gasteiger partial charge in [-0.3, -0.25) is 14.4 Å². The third kappa shape index (κ3) is 12.4. The molecule has 3 amide bonds. The summed E-state index contributed by atoms with van der Waals surface area (Å²) in [5, 5.41) is 14.1. The second kappa shape index (κ2) is 21.6. The van der Waals surface area contributed by atoms with Gasteiger partial charge in [0.05, 0.1) is 29.4 Å². The number of aryl methyl sites for hydroxylation is 2. The maximum absolute atomic E-state index is 13.3. The number of nitrogens with one attached hydrogen (secondary N) is 3. The van der Waals surface area contributed by atoms with Crippen molar-refractivity contribution in [2.75, 3.05) is 6.61 Å². The van der Waals surface area contributed by atoms with Gasteiger partial charge < -0.3 is 25.8 Å². The number of primary amides is 1. The van der Waals surface area contributed by atoms with E-state index in [9.17, 15) is 24.0 Å². The van der Waals surface area contributed by atoms with Crippen LogP contribution in [0.5, 0.6) is 0 Å². The van der Waals surface area contributed by atoms with E-state index >= 15 is 0 Å². The van der Waals surface area contributed by atoms with Gasteiger partial charge in [-0.25, -0.2) is 23.8 Å². The number of benzene rings is 4. The van der Waals surface area contributed by atoms with Crippen LogP contribution in [0.2, 0.25) is 0 Å². The summed E-state index contributed by atoms with van der Waals surface area (Å²) < 4.78 is 13.3. The minimum absolute atomic E-state index is 0.100. The van der Waals surface area contributed by atoms with E-state index in [1.807, 2.05) is 73.7 Å². The first-order valence-electron chi connectivity index (χ1n) is 18.9. The van der Waals surface area contributed by atoms with Gasteiger partial charge in [0.25, 0.3) is 11.8 Å². The predicted molar refractivity (Wildman–Crippen MR) is 224 cm³/mol. The van der Waals surface area contributed by atoms with Gasteiger partial charge >= 0.3 is 12.1 Å². The van der Waals surface area contributed by atoms with Crippen molar-refractivity contribution in [2.45, 2.75) is 52.9 Å². The first kappa shape index (κ1) is 44.0. The van der Waals surface area contributed by atoms with Gasteiger partial charge in [-0.15, -0.1) is 0 Å². The highest BCUT2D eigenvalue weighted by Gasteiger charge is 2.27. The highest BCUT2D eigenvalue weighted by Crippen LogP contribution is 2.18. The molecule has 6 rings (SSSR count). The smallest absolute Gasteiger partial charge is 0.407 e. The Morgan fingerprint density at radius 3 is 1.78 bits per heavy atom. The van der Waals surface area contributed by atoms with Crippen molar-refractivity contribution in [3.63, 3.8) is 0 Å². The number of carbonyl (C=O) groups excluding carboxylic acids is 5. The lowest BCUT2D eigenvalue weighted by Gasteiger charge is -2.17. The standard InChI is InChI=1S/C30H29N5O5.C14H16ClN3O2/c1-20-15-26(29(38)33-25(27(36)28(31)37)17-21-9-4-2-5-10-21)35(34-20)24-14-8-13-23(16-24)18-32-30(39)40-19-22-11-6-3-7-12-22;1-3-20-14(19)13-7-10(2)17-18(13)12-6-4-5-11(8-12)9-16-15/h2-16,25H,17-19H2,1H3,(H2,31,37)(H,32,39)(H,33,38);4-8,16H,3,9H2,1-2H3/t25-;/m0./s1. The molecule has 310 valence electrons. The van der Waals surface area contributed by atoms with Gasteiger partial charge in [-0.05, 0) is 91.2 Å². The molecule has 0 radical (unpaired) electrons. The molecule has 0 aliphatic rings. The average Bonchev–Trinajstić information content (AvgIpc) is 3.85. The number of hydrogen-bond donors (Lipinski definition) is 4. The molecule has 0 spiro atoms. The van der Waals surface area contributed by atoms with E-state index in [0.717, 1.165) is 33.6 Å². The Morgan fingerprint density at radius 2 is 1.22 bits per heavy atom. The third-order valence-electron chi connectivity index (χ3n) is 8.76. The van der Waals surface area contributed by atoms with Gasteiger partial charge in [0.15, 0.2) is 5.69 Å². The zero-order valence-corrected chi connectivity index (χ0v) is 34.0. The van der Waals surface area contributed by atoms with Crippen molar-refractivity contribution in [2.24, 2.45) is 5.73 Å². The lowest BCUT2D eigenvalue weighted by Crippen LogP contribution is -2.47. The van der Waals surface area contributed by atoms with E-state index in [1.165, 1.54) is 4.68 Å². The molecular formula is C44H45ClN8O7. The summed E-state index contributed by atoms with van der Waals surface area (Å²) in [6.07, 6.45) is -0.462. The number of nitrogens with zero attached hydrogens (tertiary/aromatic N) is 4. The molecule has 4 aromatic carbocycles. The van der Waals surface area contributed by atoms with Gasteiger partial charge in [-0.2, -0.15) is 10.2 Å². The largest absolute Gasteiger partial charge is 0.461 e. The molecule has 0 aliphatic carbocycles. The van der Waals surface area contributed by atoms with Crippen molar-refractivity contribution >= 4 is 41.4 Å². The fourth-order valence-electron chi connectivity index (χ4n) is 5.99. The van der Waals surface area contributed by atoms with Gasteiger partial charge in [-0.1, -0.05) is 84.9 Å². The monoisotopic (exact) mass is 832 g/mol. The quantitative estimate of drug-likeness (QED) is 0.0540. The third-order valence-corrected chi connectivity index (χ3v) is 8.89. The van der Waals surface area contributed by atoms with E-state index in [4.69, 9.17) is 27.0 Å². The molecule has 0 bridgehead atoms. The number of nitrogens with two attached hydrogens (primary N) is 1. The molecule has 0 aliphatic heterocycles. The molecule has 0 fully saturated rings. The Morgan fingerprint density at radius 1 is 0.683 bits per heavy atom. The van der Waals surface area contributed by atoms with Crippen LogP contribution in [-0.2, 0) is 45.2 Å². The van der Waals surface area contributed by atoms with Crippen molar-refractivity contribution < 1.29 is 33.4 Å². The van der Waals surface area contributed by atoms with Gasteiger partial charge in [0, 0.05) is 19.5 Å². The van der Waals surface area contributed by atoms with Crippen molar-refractivity contribution in [3.05, 3.63) is 166 Å². The van der Waals surface area contributed by atoms with E-state index < -0.39 is 29.7 Å². The van der Waals surface area contributed by atoms with Crippen LogP contribution in [0.3, 0.4) is 0 Å². The molecule has 15 nitrogen and oxygen atoms in total.